The molecule has 1 fully saturated rings. The van der Waals surface area contributed by atoms with Crippen LogP contribution < -0.4 is 10.6 Å². The van der Waals surface area contributed by atoms with Crippen LogP contribution >= 0.6 is 11.3 Å². The fourth-order valence-corrected chi connectivity index (χ4v) is 4.74. The number of halogens is 2. The highest BCUT2D eigenvalue weighted by Crippen LogP contribution is 2.38. The van der Waals surface area contributed by atoms with Gasteiger partial charge in [-0.05, 0) is 45.6 Å². The number of amides is 2. The zero-order valence-electron chi connectivity index (χ0n) is 20.7. The van der Waals surface area contributed by atoms with Crippen LogP contribution in [-0.4, -0.2) is 63.1 Å². The molecule has 0 bridgehead atoms. The molecule has 35 heavy (non-hydrogen) atoms. The van der Waals surface area contributed by atoms with Crippen molar-refractivity contribution in [3.63, 3.8) is 0 Å². The molecule has 1 aliphatic heterocycles. The molecule has 0 radical (unpaired) electrons. The first kappa shape index (κ1) is 26.9. The van der Waals surface area contributed by atoms with Crippen LogP contribution in [0.15, 0.2) is 12.3 Å². The molecular formula is C24H33F2N5O3S. The van der Waals surface area contributed by atoms with Crippen molar-refractivity contribution < 1.29 is 23.5 Å². The molecule has 11 heteroatoms. The standard InChI is InChI=1S/C24H33F2N5O3S/c1-13(2)10-27-17-9-15(20(25)26)16(11-28-17)19-18(23(33)31-8-6-7-14(31)3)30-22(35-19)21(32)29-12-24(4,5)34/h9,11,13-14,20,34H,6-8,10,12H2,1-5H3,(H,27,28)(H,29,32). The number of hydrogen-bond acceptors (Lipinski definition) is 7. The molecule has 0 spiro atoms. The predicted octanol–water partition coefficient (Wildman–Crippen LogP) is 4.34. The molecule has 2 amide bonds. The van der Waals surface area contributed by atoms with E-state index < -0.39 is 23.8 Å². The van der Waals surface area contributed by atoms with E-state index in [1.54, 1.807) is 18.7 Å². The number of alkyl halides is 2. The van der Waals surface area contributed by atoms with Crippen molar-refractivity contribution in [2.75, 3.05) is 25.0 Å². The zero-order chi connectivity index (χ0) is 25.9. The maximum Gasteiger partial charge on any atom is 0.280 e. The van der Waals surface area contributed by atoms with Gasteiger partial charge in [-0.25, -0.2) is 18.7 Å². The van der Waals surface area contributed by atoms with Gasteiger partial charge in [-0.3, -0.25) is 9.59 Å². The Morgan fingerprint density at radius 2 is 2.06 bits per heavy atom. The second-order valence-electron chi connectivity index (χ2n) is 9.91. The third-order valence-corrected chi connectivity index (χ3v) is 6.71. The minimum Gasteiger partial charge on any atom is -0.389 e. The normalized spacial score (nSPS) is 16.3. The van der Waals surface area contributed by atoms with E-state index in [0.29, 0.717) is 24.8 Å². The third kappa shape index (κ3) is 6.72. The molecule has 192 valence electrons. The minimum absolute atomic E-state index is 0.0141. The van der Waals surface area contributed by atoms with Gasteiger partial charge in [0.15, 0.2) is 5.01 Å². The van der Waals surface area contributed by atoms with Crippen LogP contribution in [0.1, 0.15) is 79.7 Å². The molecule has 1 atom stereocenters. The molecule has 1 unspecified atom stereocenters. The molecule has 0 aliphatic carbocycles. The lowest BCUT2D eigenvalue weighted by Gasteiger charge is -2.21. The van der Waals surface area contributed by atoms with Crippen molar-refractivity contribution in [2.24, 2.45) is 5.92 Å². The topological polar surface area (TPSA) is 107 Å². The molecule has 8 nitrogen and oxygen atoms in total. The summed E-state index contributed by atoms with van der Waals surface area (Å²) in [5, 5.41) is 15.5. The molecule has 1 saturated heterocycles. The maximum atomic E-state index is 14.1. The Labute approximate surface area is 208 Å². The van der Waals surface area contributed by atoms with E-state index in [9.17, 15) is 23.5 Å². The highest BCUT2D eigenvalue weighted by Gasteiger charge is 2.33. The van der Waals surface area contributed by atoms with Gasteiger partial charge in [-0.15, -0.1) is 11.3 Å². The van der Waals surface area contributed by atoms with Crippen LogP contribution in [0.4, 0.5) is 14.6 Å². The minimum atomic E-state index is -2.82. The van der Waals surface area contributed by atoms with Crippen molar-refractivity contribution in [3.05, 3.63) is 28.5 Å². The second-order valence-corrected chi connectivity index (χ2v) is 10.9. The Morgan fingerprint density at radius 1 is 1.34 bits per heavy atom. The number of nitrogens with one attached hydrogen (secondary N) is 2. The SMILES string of the molecule is CC(C)CNc1cc(C(F)F)c(-c2sc(C(=O)NCC(C)(C)O)nc2C(=O)N2CCCC2C)cn1. The number of carbonyl (C=O) groups is 2. The maximum absolute atomic E-state index is 14.1. The molecule has 2 aromatic heterocycles. The number of anilines is 1. The first-order valence-electron chi connectivity index (χ1n) is 11.7. The van der Waals surface area contributed by atoms with Crippen LogP contribution in [0, 0.1) is 5.92 Å². The Kier molecular flexibility index (Phi) is 8.42. The van der Waals surface area contributed by atoms with Gasteiger partial charge in [-0.2, -0.15) is 0 Å². The Hall–Kier alpha value is -2.66. The van der Waals surface area contributed by atoms with Gasteiger partial charge < -0.3 is 20.6 Å². The van der Waals surface area contributed by atoms with E-state index in [0.717, 1.165) is 24.2 Å². The fraction of sp³-hybridized carbons (Fsp3) is 0.583. The molecule has 0 saturated carbocycles. The molecule has 0 aromatic carbocycles. The number of thiazole rings is 1. The summed E-state index contributed by atoms with van der Waals surface area (Å²) in [6, 6.07) is 1.27. The monoisotopic (exact) mass is 509 g/mol. The third-order valence-electron chi connectivity index (χ3n) is 5.63. The van der Waals surface area contributed by atoms with E-state index in [-0.39, 0.29) is 39.3 Å². The summed E-state index contributed by atoms with van der Waals surface area (Å²) in [4.78, 5) is 36.6. The van der Waals surface area contributed by atoms with Crippen molar-refractivity contribution >= 4 is 29.0 Å². The zero-order valence-corrected chi connectivity index (χ0v) is 21.5. The van der Waals surface area contributed by atoms with E-state index in [1.807, 2.05) is 20.8 Å². The van der Waals surface area contributed by atoms with Crippen LogP contribution in [0.5, 0.6) is 0 Å². The van der Waals surface area contributed by atoms with Crippen LogP contribution in [0.25, 0.3) is 10.4 Å². The van der Waals surface area contributed by atoms with E-state index in [4.69, 9.17) is 0 Å². The molecule has 3 rings (SSSR count). The van der Waals surface area contributed by atoms with E-state index in [2.05, 4.69) is 20.6 Å². The van der Waals surface area contributed by atoms with Crippen LogP contribution in [-0.2, 0) is 0 Å². The number of carbonyl (C=O) groups excluding carboxylic acids is 2. The summed E-state index contributed by atoms with van der Waals surface area (Å²) in [5.74, 6) is -0.380. The van der Waals surface area contributed by atoms with Crippen molar-refractivity contribution in [3.8, 4) is 10.4 Å². The largest absolute Gasteiger partial charge is 0.389 e. The number of pyridine rings is 1. The number of aromatic nitrogens is 2. The lowest BCUT2D eigenvalue weighted by atomic mass is 10.1. The van der Waals surface area contributed by atoms with Crippen molar-refractivity contribution in [1.29, 1.82) is 0 Å². The summed E-state index contributed by atoms with van der Waals surface area (Å²) in [6.07, 6.45) is 0.159. The van der Waals surface area contributed by atoms with Gasteiger partial charge in [0.25, 0.3) is 18.2 Å². The molecular weight excluding hydrogens is 476 g/mol. The van der Waals surface area contributed by atoms with Gasteiger partial charge in [0.2, 0.25) is 0 Å². The van der Waals surface area contributed by atoms with Gasteiger partial charge in [0, 0.05) is 43.0 Å². The van der Waals surface area contributed by atoms with Gasteiger partial charge in [0.1, 0.15) is 11.5 Å². The molecule has 3 N–H and O–H groups in total. The Balaban J connectivity index is 2.05. The number of rotatable bonds is 9. The molecule has 2 aromatic rings. The summed E-state index contributed by atoms with van der Waals surface area (Å²) >= 11 is 0.869. The predicted molar refractivity (Wildman–Crippen MR) is 132 cm³/mol. The number of likely N-dealkylation sites (tertiary alicyclic amines) is 1. The van der Waals surface area contributed by atoms with Gasteiger partial charge >= 0.3 is 0 Å². The lowest BCUT2D eigenvalue weighted by Crippen LogP contribution is -2.38. The number of hydrogen-bond donors (Lipinski definition) is 3. The number of nitrogens with zero attached hydrogens (tertiary/aromatic N) is 3. The lowest BCUT2D eigenvalue weighted by molar-refractivity contribution is 0.0692. The average molecular weight is 510 g/mol. The Bertz CT molecular complexity index is 1070. The van der Waals surface area contributed by atoms with E-state index >= 15 is 0 Å². The van der Waals surface area contributed by atoms with Crippen LogP contribution in [0.2, 0.25) is 0 Å². The van der Waals surface area contributed by atoms with Crippen LogP contribution in [0.3, 0.4) is 0 Å². The first-order valence-corrected chi connectivity index (χ1v) is 12.5. The first-order chi connectivity index (χ1) is 16.4. The quantitative estimate of drug-likeness (QED) is 0.464. The highest BCUT2D eigenvalue weighted by molar-refractivity contribution is 7.17. The summed E-state index contributed by atoms with van der Waals surface area (Å²) in [6.45, 7) is 10.1. The summed E-state index contributed by atoms with van der Waals surface area (Å²) in [7, 11) is 0. The average Bonchev–Trinajstić information content (AvgIpc) is 3.41. The number of aliphatic hydroxyl groups is 1. The summed E-state index contributed by atoms with van der Waals surface area (Å²) < 4.78 is 28.3. The Morgan fingerprint density at radius 3 is 2.63 bits per heavy atom. The summed E-state index contributed by atoms with van der Waals surface area (Å²) in [5.41, 5.74) is -1.40. The van der Waals surface area contributed by atoms with E-state index in [1.165, 1.54) is 12.3 Å². The molecule has 3 heterocycles. The smallest absolute Gasteiger partial charge is 0.280 e. The van der Waals surface area contributed by atoms with Crippen molar-refractivity contribution in [2.45, 2.75) is 65.5 Å². The van der Waals surface area contributed by atoms with Crippen molar-refractivity contribution in [1.82, 2.24) is 20.2 Å². The fourth-order valence-electron chi connectivity index (χ4n) is 3.73. The van der Waals surface area contributed by atoms with Gasteiger partial charge in [-0.1, -0.05) is 13.8 Å². The second kappa shape index (κ2) is 10.9. The van der Waals surface area contributed by atoms with Gasteiger partial charge in [0.05, 0.1) is 10.5 Å². The highest BCUT2D eigenvalue weighted by atomic mass is 32.1. The molecule has 1 aliphatic rings.